The van der Waals surface area contributed by atoms with Crippen molar-refractivity contribution in [3.63, 3.8) is 0 Å². The Kier molecular flexibility index (Phi) is 3.69. The van der Waals surface area contributed by atoms with Gasteiger partial charge in [0.15, 0.2) is 0 Å². The zero-order chi connectivity index (χ0) is 9.84. The largest absolute Gasteiger partial charge is 0.383 e. The summed E-state index contributed by atoms with van der Waals surface area (Å²) in [6.07, 6.45) is 1.05. The Morgan fingerprint density at radius 3 is 2.69 bits per heavy atom. The van der Waals surface area contributed by atoms with Gasteiger partial charge in [-0.2, -0.15) is 0 Å². The lowest BCUT2D eigenvalue weighted by atomic mass is 10.2. The van der Waals surface area contributed by atoms with Crippen molar-refractivity contribution in [1.82, 2.24) is 4.90 Å². The fraction of sp³-hybridized carbons (Fsp3) is 0.889. The summed E-state index contributed by atoms with van der Waals surface area (Å²) in [5, 5.41) is 0. The summed E-state index contributed by atoms with van der Waals surface area (Å²) < 4.78 is 10.3. The van der Waals surface area contributed by atoms with E-state index >= 15 is 0 Å². The highest BCUT2D eigenvalue weighted by Gasteiger charge is 2.33. The van der Waals surface area contributed by atoms with Crippen LogP contribution in [0.5, 0.6) is 0 Å². The van der Waals surface area contributed by atoms with E-state index in [0.717, 1.165) is 6.42 Å². The minimum atomic E-state index is 0.0987. The van der Waals surface area contributed by atoms with Crippen LogP contribution in [-0.2, 0) is 14.3 Å². The van der Waals surface area contributed by atoms with Crippen LogP contribution in [0.4, 0.5) is 0 Å². The topological polar surface area (TPSA) is 38.8 Å². The van der Waals surface area contributed by atoms with Gasteiger partial charge in [0.25, 0.3) is 0 Å². The van der Waals surface area contributed by atoms with Crippen LogP contribution >= 0.6 is 0 Å². The van der Waals surface area contributed by atoms with Gasteiger partial charge in [-0.3, -0.25) is 4.79 Å². The highest BCUT2D eigenvalue weighted by Crippen LogP contribution is 2.19. The second-order valence-electron chi connectivity index (χ2n) is 3.37. The number of carbonyl (C=O) groups excluding carboxylic acids is 1. The van der Waals surface area contributed by atoms with Gasteiger partial charge in [0.05, 0.1) is 18.8 Å². The second kappa shape index (κ2) is 4.58. The molecular weight excluding hydrogens is 170 g/mol. The van der Waals surface area contributed by atoms with Crippen molar-refractivity contribution in [3.05, 3.63) is 0 Å². The number of hydrogen-bond acceptors (Lipinski definition) is 3. The van der Waals surface area contributed by atoms with Crippen LogP contribution in [0.15, 0.2) is 0 Å². The predicted molar refractivity (Wildman–Crippen MR) is 48.5 cm³/mol. The van der Waals surface area contributed by atoms with Crippen LogP contribution in [0.25, 0.3) is 0 Å². The third-order valence-electron chi connectivity index (χ3n) is 2.47. The van der Waals surface area contributed by atoms with Crippen molar-refractivity contribution in [2.45, 2.75) is 25.5 Å². The molecule has 0 aromatic carbocycles. The molecule has 0 radical (unpaired) electrons. The second-order valence-corrected chi connectivity index (χ2v) is 3.37. The minimum Gasteiger partial charge on any atom is -0.383 e. The van der Waals surface area contributed by atoms with Crippen molar-refractivity contribution < 1.29 is 14.3 Å². The van der Waals surface area contributed by atoms with E-state index in [1.807, 2.05) is 4.90 Å². The fourth-order valence-corrected chi connectivity index (χ4v) is 1.78. The molecule has 0 aromatic rings. The average Bonchev–Trinajstić information content (AvgIpc) is 2.48. The molecule has 0 bridgehead atoms. The monoisotopic (exact) mass is 187 g/mol. The third-order valence-corrected chi connectivity index (χ3v) is 2.47. The maximum atomic E-state index is 11.2. The van der Waals surface area contributed by atoms with Crippen molar-refractivity contribution in [3.8, 4) is 0 Å². The number of amides is 1. The summed E-state index contributed by atoms with van der Waals surface area (Å²) in [4.78, 5) is 13.0. The Hall–Kier alpha value is -0.610. The van der Waals surface area contributed by atoms with Crippen LogP contribution in [0.2, 0.25) is 0 Å². The molecule has 1 aliphatic heterocycles. The van der Waals surface area contributed by atoms with Crippen molar-refractivity contribution in [2.24, 2.45) is 0 Å². The predicted octanol–water partition coefficient (Wildman–Crippen LogP) is 0.269. The molecule has 4 heteroatoms. The molecule has 4 nitrogen and oxygen atoms in total. The summed E-state index contributed by atoms with van der Waals surface area (Å²) in [6.45, 7) is 2.88. The number of hydrogen-bond donors (Lipinski definition) is 0. The maximum absolute atomic E-state index is 11.2. The smallest absolute Gasteiger partial charge is 0.219 e. The molecule has 0 aliphatic carbocycles. The number of methoxy groups -OCH3 is 2. The summed E-state index contributed by atoms with van der Waals surface area (Å²) in [7, 11) is 3.33. The van der Waals surface area contributed by atoms with Crippen molar-refractivity contribution in [2.75, 3.05) is 27.4 Å². The Labute approximate surface area is 78.8 Å². The van der Waals surface area contributed by atoms with Gasteiger partial charge >= 0.3 is 0 Å². The van der Waals surface area contributed by atoms with E-state index in [2.05, 4.69) is 0 Å². The SMILES string of the molecule is COC[C@H]1C[C@H](OC)CN1C(C)=O. The van der Waals surface area contributed by atoms with Crippen LogP contribution in [0, 0.1) is 0 Å². The summed E-state index contributed by atoms with van der Waals surface area (Å²) in [5.74, 6) is 0.0987. The zero-order valence-electron chi connectivity index (χ0n) is 8.45. The molecule has 0 spiro atoms. The van der Waals surface area contributed by atoms with Crippen LogP contribution in [-0.4, -0.2) is 50.3 Å². The van der Waals surface area contributed by atoms with Gasteiger partial charge < -0.3 is 14.4 Å². The number of rotatable bonds is 3. The Balaban J connectivity index is 2.54. The Morgan fingerprint density at radius 1 is 1.54 bits per heavy atom. The van der Waals surface area contributed by atoms with E-state index < -0.39 is 0 Å². The summed E-state index contributed by atoms with van der Waals surface area (Å²) in [6, 6.07) is 0.187. The first-order valence-corrected chi connectivity index (χ1v) is 4.48. The van der Waals surface area contributed by atoms with E-state index in [9.17, 15) is 4.79 Å². The lowest BCUT2D eigenvalue weighted by Crippen LogP contribution is -2.36. The summed E-state index contributed by atoms with van der Waals surface area (Å²) >= 11 is 0. The average molecular weight is 187 g/mol. The first-order chi connectivity index (χ1) is 6.19. The van der Waals surface area contributed by atoms with Gasteiger partial charge in [0.1, 0.15) is 0 Å². The number of carbonyl (C=O) groups is 1. The van der Waals surface area contributed by atoms with Gasteiger partial charge in [-0.25, -0.2) is 0 Å². The molecule has 76 valence electrons. The molecular formula is C9H17NO3. The van der Waals surface area contributed by atoms with E-state index in [0.29, 0.717) is 13.2 Å². The highest BCUT2D eigenvalue weighted by molar-refractivity contribution is 5.74. The molecule has 1 heterocycles. The van der Waals surface area contributed by atoms with Gasteiger partial charge in [-0.15, -0.1) is 0 Å². The molecule has 1 fully saturated rings. The maximum Gasteiger partial charge on any atom is 0.219 e. The van der Waals surface area contributed by atoms with E-state index in [-0.39, 0.29) is 18.1 Å². The molecule has 2 atom stereocenters. The Morgan fingerprint density at radius 2 is 2.23 bits per heavy atom. The molecule has 13 heavy (non-hydrogen) atoms. The molecule has 1 aliphatic rings. The van der Waals surface area contributed by atoms with Crippen LogP contribution in [0.3, 0.4) is 0 Å². The third kappa shape index (κ3) is 2.42. The van der Waals surface area contributed by atoms with Crippen LogP contribution < -0.4 is 0 Å². The first kappa shape index (κ1) is 10.5. The van der Waals surface area contributed by atoms with Crippen molar-refractivity contribution >= 4 is 5.91 Å². The van der Waals surface area contributed by atoms with E-state index in [4.69, 9.17) is 9.47 Å². The molecule has 0 aromatic heterocycles. The molecule has 0 N–H and O–H groups in total. The lowest BCUT2D eigenvalue weighted by Gasteiger charge is -2.21. The lowest BCUT2D eigenvalue weighted by molar-refractivity contribution is -0.130. The normalized spacial score (nSPS) is 28.1. The van der Waals surface area contributed by atoms with Crippen LogP contribution in [0.1, 0.15) is 13.3 Å². The zero-order valence-corrected chi connectivity index (χ0v) is 8.45. The first-order valence-electron chi connectivity index (χ1n) is 4.48. The molecule has 0 saturated carbocycles. The molecule has 1 amide bonds. The fourth-order valence-electron chi connectivity index (χ4n) is 1.78. The summed E-state index contributed by atoms with van der Waals surface area (Å²) in [5.41, 5.74) is 0. The molecule has 1 rings (SSSR count). The number of nitrogens with zero attached hydrogens (tertiary/aromatic N) is 1. The quantitative estimate of drug-likeness (QED) is 0.636. The standard InChI is InChI=1S/C9H17NO3/c1-7(11)10-5-9(13-3)4-8(10)6-12-2/h8-9H,4-6H2,1-3H3/t8-,9+/m1/s1. The number of likely N-dealkylation sites (tertiary alicyclic amines) is 1. The number of ether oxygens (including phenoxy) is 2. The van der Waals surface area contributed by atoms with Gasteiger partial charge in [-0.1, -0.05) is 0 Å². The van der Waals surface area contributed by atoms with Gasteiger partial charge in [-0.05, 0) is 6.42 Å². The highest BCUT2D eigenvalue weighted by atomic mass is 16.5. The van der Waals surface area contributed by atoms with Crippen molar-refractivity contribution in [1.29, 1.82) is 0 Å². The van der Waals surface area contributed by atoms with Gasteiger partial charge in [0, 0.05) is 27.7 Å². The Bertz CT molecular complexity index is 184. The van der Waals surface area contributed by atoms with Gasteiger partial charge in [0.2, 0.25) is 5.91 Å². The molecule has 1 saturated heterocycles. The van der Waals surface area contributed by atoms with E-state index in [1.165, 1.54) is 0 Å². The minimum absolute atomic E-state index is 0.0987. The molecule has 0 unspecified atom stereocenters. The van der Waals surface area contributed by atoms with E-state index in [1.54, 1.807) is 21.1 Å².